The van der Waals surface area contributed by atoms with Crippen LogP contribution >= 0.6 is 0 Å². The van der Waals surface area contributed by atoms with E-state index in [1.54, 1.807) is 19.1 Å². The molecule has 17 heavy (non-hydrogen) atoms. The normalized spacial score (nSPS) is 10.4. The van der Waals surface area contributed by atoms with Crippen molar-refractivity contribution in [2.24, 2.45) is 5.92 Å². The molecule has 0 atom stereocenters. The molecular weight excluding hydrogens is 214 g/mol. The van der Waals surface area contributed by atoms with Gasteiger partial charge in [-0.15, -0.1) is 0 Å². The number of carbonyl (C=O) groups excluding carboxylic acids is 1. The van der Waals surface area contributed by atoms with Gasteiger partial charge in [0.1, 0.15) is 0 Å². The Labute approximate surface area is 103 Å². The Morgan fingerprint density at radius 3 is 2.47 bits per heavy atom. The van der Waals surface area contributed by atoms with Gasteiger partial charge in [-0.2, -0.15) is 0 Å². The number of carbonyl (C=O) groups is 1. The largest absolute Gasteiger partial charge is 0.462 e. The van der Waals surface area contributed by atoms with Gasteiger partial charge in [-0.1, -0.05) is 13.8 Å². The Kier molecular flexibility index (Phi) is 5.53. The molecule has 0 spiro atoms. The molecular formula is C14H21NO2. The molecule has 3 nitrogen and oxygen atoms in total. The molecule has 94 valence electrons. The quantitative estimate of drug-likeness (QED) is 0.769. The average Bonchev–Trinajstić information content (AvgIpc) is 2.30. The van der Waals surface area contributed by atoms with Crippen molar-refractivity contribution in [1.29, 1.82) is 0 Å². The molecule has 0 unspecified atom stereocenters. The zero-order valence-corrected chi connectivity index (χ0v) is 10.8. The standard InChI is InChI=1S/C14H21NO2/c1-4-17-14(16)12-5-7-13(8-6-12)15-10-9-11(2)3/h5-8,11,15H,4,9-10H2,1-3H3. The molecule has 0 aliphatic carbocycles. The van der Waals surface area contributed by atoms with E-state index in [0.717, 1.165) is 18.7 Å². The first-order valence-corrected chi connectivity index (χ1v) is 6.14. The fourth-order valence-corrected chi connectivity index (χ4v) is 1.44. The minimum Gasteiger partial charge on any atom is -0.462 e. The van der Waals surface area contributed by atoms with Gasteiger partial charge in [-0.25, -0.2) is 4.79 Å². The highest BCUT2D eigenvalue weighted by Gasteiger charge is 2.05. The summed E-state index contributed by atoms with van der Waals surface area (Å²) in [5, 5.41) is 3.32. The van der Waals surface area contributed by atoms with Gasteiger partial charge in [0.05, 0.1) is 12.2 Å². The number of hydrogen-bond donors (Lipinski definition) is 1. The second-order valence-electron chi connectivity index (χ2n) is 4.41. The van der Waals surface area contributed by atoms with Crippen LogP contribution in [0.3, 0.4) is 0 Å². The number of esters is 1. The van der Waals surface area contributed by atoms with Crippen LogP contribution in [-0.2, 0) is 4.74 Å². The number of nitrogens with one attached hydrogen (secondary N) is 1. The summed E-state index contributed by atoms with van der Waals surface area (Å²) in [7, 11) is 0. The van der Waals surface area contributed by atoms with Gasteiger partial charge in [-0.05, 0) is 43.5 Å². The summed E-state index contributed by atoms with van der Waals surface area (Å²) in [5.41, 5.74) is 1.64. The lowest BCUT2D eigenvalue weighted by Gasteiger charge is -2.08. The Morgan fingerprint density at radius 1 is 1.29 bits per heavy atom. The van der Waals surface area contributed by atoms with Crippen LogP contribution in [-0.4, -0.2) is 19.1 Å². The summed E-state index contributed by atoms with van der Waals surface area (Å²) in [6.45, 7) is 7.57. The third kappa shape index (κ3) is 4.89. The zero-order chi connectivity index (χ0) is 12.7. The van der Waals surface area contributed by atoms with E-state index < -0.39 is 0 Å². The molecule has 0 saturated carbocycles. The summed E-state index contributed by atoms with van der Waals surface area (Å²) in [6.07, 6.45) is 1.14. The average molecular weight is 235 g/mol. The maximum absolute atomic E-state index is 11.4. The lowest BCUT2D eigenvalue weighted by molar-refractivity contribution is 0.0526. The van der Waals surface area contributed by atoms with Gasteiger partial charge in [0.25, 0.3) is 0 Å². The van der Waals surface area contributed by atoms with Crippen LogP contribution in [0.4, 0.5) is 5.69 Å². The SMILES string of the molecule is CCOC(=O)c1ccc(NCCC(C)C)cc1. The van der Waals surface area contributed by atoms with Gasteiger partial charge < -0.3 is 10.1 Å². The van der Waals surface area contributed by atoms with Crippen molar-refractivity contribution in [2.75, 3.05) is 18.5 Å². The highest BCUT2D eigenvalue weighted by Crippen LogP contribution is 2.11. The molecule has 0 radical (unpaired) electrons. The van der Waals surface area contributed by atoms with E-state index in [0.29, 0.717) is 18.1 Å². The topological polar surface area (TPSA) is 38.3 Å². The molecule has 0 aliphatic heterocycles. The van der Waals surface area contributed by atoms with Crippen LogP contribution in [0.15, 0.2) is 24.3 Å². The number of rotatable bonds is 6. The molecule has 0 bridgehead atoms. The number of anilines is 1. The summed E-state index contributed by atoms with van der Waals surface area (Å²) in [4.78, 5) is 11.4. The van der Waals surface area contributed by atoms with Crippen LogP contribution < -0.4 is 5.32 Å². The molecule has 3 heteroatoms. The molecule has 0 aromatic heterocycles. The molecule has 0 aliphatic rings. The summed E-state index contributed by atoms with van der Waals surface area (Å²) in [5.74, 6) is 0.433. The van der Waals surface area contributed by atoms with Gasteiger partial charge in [0, 0.05) is 12.2 Å². The minimum absolute atomic E-state index is 0.263. The number of benzene rings is 1. The predicted octanol–water partition coefficient (Wildman–Crippen LogP) is 3.32. The van der Waals surface area contributed by atoms with Crippen LogP contribution in [0.5, 0.6) is 0 Å². The van der Waals surface area contributed by atoms with Gasteiger partial charge in [-0.3, -0.25) is 0 Å². The summed E-state index contributed by atoms with van der Waals surface area (Å²) in [6, 6.07) is 7.39. The highest BCUT2D eigenvalue weighted by atomic mass is 16.5. The third-order valence-electron chi connectivity index (χ3n) is 2.45. The van der Waals surface area contributed by atoms with Crippen molar-refractivity contribution in [3.63, 3.8) is 0 Å². The van der Waals surface area contributed by atoms with Crippen LogP contribution in [0, 0.1) is 5.92 Å². The molecule has 0 amide bonds. The van der Waals surface area contributed by atoms with Crippen molar-refractivity contribution in [1.82, 2.24) is 0 Å². The van der Waals surface area contributed by atoms with Crippen molar-refractivity contribution < 1.29 is 9.53 Å². The van der Waals surface area contributed by atoms with E-state index in [1.165, 1.54) is 0 Å². The van der Waals surface area contributed by atoms with Crippen molar-refractivity contribution in [3.8, 4) is 0 Å². The van der Waals surface area contributed by atoms with Crippen molar-refractivity contribution in [3.05, 3.63) is 29.8 Å². The van der Waals surface area contributed by atoms with Gasteiger partial charge >= 0.3 is 5.97 Å². The number of ether oxygens (including phenoxy) is 1. The Bertz CT molecular complexity index is 344. The van der Waals surface area contributed by atoms with Crippen molar-refractivity contribution >= 4 is 11.7 Å². The second kappa shape index (κ2) is 6.94. The van der Waals surface area contributed by atoms with E-state index in [-0.39, 0.29) is 5.97 Å². The van der Waals surface area contributed by atoms with Gasteiger partial charge in [0.2, 0.25) is 0 Å². The Hall–Kier alpha value is -1.51. The van der Waals surface area contributed by atoms with E-state index in [4.69, 9.17) is 4.74 Å². The Balaban J connectivity index is 2.47. The summed E-state index contributed by atoms with van der Waals surface area (Å²) >= 11 is 0. The van der Waals surface area contributed by atoms with Crippen LogP contribution in [0.2, 0.25) is 0 Å². The van der Waals surface area contributed by atoms with Gasteiger partial charge in [0.15, 0.2) is 0 Å². The van der Waals surface area contributed by atoms with E-state index in [2.05, 4.69) is 19.2 Å². The molecule has 1 aromatic rings. The first-order chi connectivity index (χ1) is 8.13. The van der Waals surface area contributed by atoms with E-state index >= 15 is 0 Å². The third-order valence-corrected chi connectivity index (χ3v) is 2.45. The fraction of sp³-hybridized carbons (Fsp3) is 0.500. The second-order valence-corrected chi connectivity index (χ2v) is 4.41. The molecule has 0 heterocycles. The van der Waals surface area contributed by atoms with Crippen molar-refractivity contribution in [2.45, 2.75) is 27.2 Å². The van der Waals surface area contributed by atoms with E-state index in [9.17, 15) is 4.79 Å². The fourth-order valence-electron chi connectivity index (χ4n) is 1.44. The van der Waals surface area contributed by atoms with Crippen LogP contribution in [0.25, 0.3) is 0 Å². The molecule has 0 fully saturated rings. The van der Waals surface area contributed by atoms with Crippen LogP contribution in [0.1, 0.15) is 37.6 Å². The molecule has 1 N–H and O–H groups in total. The maximum Gasteiger partial charge on any atom is 0.338 e. The smallest absolute Gasteiger partial charge is 0.338 e. The van der Waals surface area contributed by atoms with E-state index in [1.807, 2.05) is 12.1 Å². The maximum atomic E-state index is 11.4. The first kappa shape index (κ1) is 13.6. The lowest BCUT2D eigenvalue weighted by atomic mass is 10.1. The molecule has 1 aromatic carbocycles. The lowest BCUT2D eigenvalue weighted by Crippen LogP contribution is -2.06. The number of hydrogen-bond acceptors (Lipinski definition) is 3. The Morgan fingerprint density at radius 2 is 1.94 bits per heavy atom. The first-order valence-electron chi connectivity index (χ1n) is 6.14. The molecule has 0 saturated heterocycles. The highest BCUT2D eigenvalue weighted by molar-refractivity contribution is 5.89. The predicted molar refractivity (Wildman–Crippen MR) is 70.3 cm³/mol. The summed E-state index contributed by atoms with van der Waals surface area (Å²) < 4.78 is 4.92. The molecule has 1 rings (SSSR count). The minimum atomic E-state index is -0.263. The zero-order valence-electron chi connectivity index (χ0n) is 10.8. The monoisotopic (exact) mass is 235 g/mol.